The van der Waals surface area contributed by atoms with Gasteiger partial charge in [0, 0.05) is 50.6 Å². The third-order valence-electron chi connectivity index (χ3n) is 17.6. The summed E-state index contributed by atoms with van der Waals surface area (Å²) in [5, 5.41) is 23.7. The molecule has 3 saturated heterocycles. The second-order valence-electron chi connectivity index (χ2n) is 20.9. The van der Waals surface area contributed by atoms with Gasteiger partial charge in [-0.3, -0.25) is 14.6 Å². The average Bonchev–Trinajstić information content (AvgIpc) is 3.64. The molecule has 5 saturated carbocycles. The molecule has 9 nitrogen and oxygen atoms in total. The Bertz CT molecular complexity index is 1360. The second kappa shape index (κ2) is 12.1. The van der Waals surface area contributed by atoms with E-state index in [-0.39, 0.29) is 52.0 Å². The largest absolute Gasteiger partial charge is 0.457 e. The first-order chi connectivity index (χ1) is 23.8. The number of carbonyl (C=O) groups is 1. The van der Waals surface area contributed by atoms with E-state index in [0.717, 1.165) is 52.0 Å². The van der Waals surface area contributed by atoms with Gasteiger partial charge in [0.05, 0.1) is 36.6 Å². The molecule has 5 aliphatic carbocycles. The molecule has 3 aliphatic heterocycles. The monoisotopic (exact) mass is 715 g/mol. The van der Waals surface area contributed by atoms with Crippen LogP contribution in [0.2, 0.25) is 0 Å². The van der Waals surface area contributed by atoms with Crippen LogP contribution in [0.3, 0.4) is 0 Å². The van der Waals surface area contributed by atoms with Crippen LogP contribution in [0.15, 0.2) is 0 Å². The van der Waals surface area contributed by atoms with E-state index in [2.05, 4.69) is 58.3 Å². The fraction of sp³-hybridized carbons (Fsp3) is 0.976. The maximum Gasteiger partial charge on any atom is 0.303 e. The van der Waals surface area contributed by atoms with E-state index in [1.165, 1.54) is 32.6 Å². The highest BCUT2D eigenvalue weighted by Gasteiger charge is 2.84. The number of ether oxygens (including phenoxy) is 4. The zero-order valence-electron chi connectivity index (χ0n) is 33.5. The minimum Gasteiger partial charge on any atom is -0.457 e. The van der Waals surface area contributed by atoms with Gasteiger partial charge >= 0.3 is 5.97 Å². The Morgan fingerprint density at radius 2 is 1.67 bits per heavy atom. The number of hydrogen-bond acceptors (Lipinski definition) is 9. The average molecular weight is 715 g/mol. The quantitative estimate of drug-likeness (QED) is 0.325. The number of rotatable bonds is 7. The molecule has 4 unspecified atom stereocenters. The highest BCUT2D eigenvalue weighted by atomic mass is 16.7. The molecule has 0 bridgehead atoms. The van der Waals surface area contributed by atoms with Crippen molar-refractivity contribution in [3.8, 4) is 0 Å². The van der Waals surface area contributed by atoms with E-state index in [4.69, 9.17) is 18.9 Å². The number of carbonyl (C=O) groups excluding carboxylic acids is 1. The molecule has 0 amide bonds. The molecule has 9 heteroatoms. The van der Waals surface area contributed by atoms with Gasteiger partial charge in [0.1, 0.15) is 0 Å². The van der Waals surface area contributed by atoms with Gasteiger partial charge in [-0.15, -0.1) is 0 Å². The molecule has 0 radical (unpaired) electrons. The summed E-state index contributed by atoms with van der Waals surface area (Å²) >= 11 is 0. The van der Waals surface area contributed by atoms with Gasteiger partial charge in [0.25, 0.3) is 0 Å². The Morgan fingerprint density at radius 1 is 0.980 bits per heavy atom. The van der Waals surface area contributed by atoms with Crippen LogP contribution in [0.4, 0.5) is 0 Å². The van der Waals surface area contributed by atoms with E-state index in [1.54, 1.807) is 13.8 Å². The number of morpholine rings is 1. The predicted molar refractivity (Wildman–Crippen MR) is 195 cm³/mol. The smallest absolute Gasteiger partial charge is 0.303 e. The first-order valence-corrected chi connectivity index (χ1v) is 20.8. The van der Waals surface area contributed by atoms with Crippen molar-refractivity contribution in [2.24, 2.45) is 50.7 Å². The Balaban J connectivity index is 0.993. The maximum absolute atomic E-state index is 12.6. The molecule has 0 aromatic carbocycles. The summed E-state index contributed by atoms with van der Waals surface area (Å²) in [5.41, 5.74) is -0.930. The second-order valence-corrected chi connectivity index (χ2v) is 20.9. The summed E-state index contributed by atoms with van der Waals surface area (Å²) in [5.74, 6) is 1.14. The number of fused-ring (bicyclic) bond motifs is 4. The predicted octanol–water partition coefficient (Wildman–Crippen LogP) is 5.64. The molecule has 290 valence electrons. The van der Waals surface area contributed by atoms with Gasteiger partial charge in [-0.2, -0.15) is 0 Å². The van der Waals surface area contributed by atoms with E-state index in [1.807, 2.05) is 0 Å². The lowest BCUT2D eigenvalue weighted by Gasteiger charge is -2.64. The van der Waals surface area contributed by atoms with E-state index in [9.17, 15) is 15.0 Å². The van der Waals surface area contributed by atoms with Crippen molar-refractivity contribution in [2.45, 2.75) is 175 Å². The van der Waals surface area contributed by atoms with Gasteiger partial charge in [-0.1, -0.05) is 34.6 Å². The Kier molecular flexibility index (Phi) is 8.80. The Hall–Kier alpha value is -0.810. The van der Waals surface area contributed by atoms with Crippen molar-refractivity contribution in [3.63, 3.8) is 0 Å². The third-order valence-corrected chi connectivity index (χ3v) is 17.6. The summed E-state index contributed by atoms with van der Waals surface area (Å²) in [6.45, 7) is 26.5. The van der Waals surface area contributed by atoms with Gasteiger partial charge in [0.15, 0.2) is 12.4 Å². The number of esters is 1. The summed E-state index contributed by atoms with van der Waals surface area (Å²) in [6.07, 6.45) is 6.85. The van der Waals surface area contributed by atoms with Crippen molar-refractivity contribution in [1.82, 2.24) is 9.80 Å². The van der Waals surface area contributed by atoms with Crippen molar-refractivity contribution in [2.75, 3.05) is 32.8 Å². The van der Waals surface area contributed by atoms with Crippen LogP contribution in [0.25, 0.3) is 0 Å². The Labute approximate surface area is 307 Å². The fourth-order valence-electron chi connectivity index (χ4n) is 15.0. The number of likely N-dealkylation sites (tertiary alicyclic amines) is 1. The lowest BCUT2D eigenvalue weighted by Crippen LogP contribution is -2.64. The van der Waals surface area contributed by atoms with Crippen LogP contribution < -0.4 is 0 Å². The molecular formula is C42H70N2O7. The first kappa shape index (κ1) is 37.1. The van der Waals surface area contributed by atoms with Crippen LogP contribution in [0, 0.1) is 50.7 Å². The summed E-state index contributed by atoms with van der Waals surface area (Å²) in [7, 11) is 0. The molecule has 0 aromatic heterocycles. The van der Waals surface area contributed by atoms with E-state index >= 15 is 0 Å². The minimum absolute atomic E-state index is 0.0493. The molecule has 0 aromatic rings. The van der Waals surface area contributed by atoms with Crippen LogP contribution in [-0.4, -0.2) is 113 Å². The summed E-state index contributed by atoms with van der Waals surface area (Å²) in [6, 6.07) is 1.23. The molecule has 8 fully saturated rings. The van der Waals surface area contributed by atoms with Crippen molar-refractivity contribution >= 4 is 5.97 Å². The van der Waals surface area contributed by atoms with Crippen molar-refractivity contribution in [1.29, 1.82) is 0 Å². The molecule has 14 atom stereocenters. The van der Waals surface area contributed by atoms with Crippen LogP contribution in [0.5, 0.6) is 0 Å². The minimum atomic E-state index is -1.25. The van der Waals surface area contributed by atoms with Gasteiger partial charge in [0.2, 0.25) is 0 Å². The van der Waals surface area contributed by atoms with E-state index in [0.29, 0.717) is 35.8 Å². The molecule has 51 heavy (non-hydrogen) atoms. The summed E-state index contributed by atoms with van der Waals surface area (Å²) < 4.78 is 25.9. The molecular weight excluding hydrogens is 644 g/mol. The lowest BCUT2D eigenvalue weighted by molar-refractivity contribution is -0.253. The first-order valence-electron chi connectivity index (χ1n) is 20.8. The Morgan fingerprint density at radius 3 is 2.33 bits per heavy atom. The van der Waals surface area contributed by atoms with E-state index < -0.39 is 29.9 Å². The number of aliphatic hydroxyl groups is 2. The third kappa shape index (κ3) is 5.20. The number of nitrogens with zero attached hydrogens (tertiary/aromatic N) is 2. The highest BCUT2D eigenvalue weighted by molar-refractivity contribution is 5.66. The van der Waals surface area contributed by atoms with Crippen molar-refractivity contribution in [3.05, 3.63) is 0 Å². The normalized spacial score (nSPS) is 50.3. The zero-order chi connectivity index (χ0) is 36.7. The molecule has 2 spiro atoms. The molecule has 8 aliphatic rings. The maximum atomic E-state index is 12.6. The molecule has 2 N–H and O–H groups in total. The molecule has 3 heterocycles. The van der Waals surface area contributed by atoms with Crippen LogP contribution in [-0.2, 0) is 23.7 Å². The molecule has 8 rings (SSSR count). The standard InChI is InChI=1S/C42H70N2O7/c1-24(2)44-20-27(21-44)43-17-18-48-32(22-43)51-31-13-14-41-23-42(41)16-15-39(9)33-25(3)19-28(36(38(7,8)47)49-26(4)45)50-34(33)35(46)40(39,10)30(42)12-11-29(41)37(31,5)6/h24-25,27-36,46-47H,11-23H2,1-10H3/t25-,28?,29+,30?,31+,32+,33+,34?,35+,36+,39-,40-,41-,42?/m1/s1. The van der Waals surface area contributed by atoms with Gasteiger partial charge in [-0.05, 0) is 124 Å². The van der Waals surface area contributed by atoms with Crippen LogP contribution in [0.1, 0.15) is 121 Å². The SMILES string of the molecule is CC(=O)O[C@@H](C1C[C@@H](C)[C@H]2C(O1)[C@H](O)[C@@]1(C)C3CC[C@H]4C(C)(C)[C@@H](O[C@H]5CN(C6CN(C(C)C)C6)CCO5)CC[C@@]45CC35CC[C@]21C)C(C)(C)O. The zero-order valence-corrected chi connectivity index (χ0v) is 33.5. The lowest BCUT2D eigenvalue weighted by atomic mass is 9.41. The number of aliphatic hydroxyl groups excluding tert-OH is 1. The highest BCUT2D eigenvalue weighted by Crippen LogP contribution is 2.89. The number of hydrogen-bond donors (Lipinski definition) is 2. The summed E-state index contributed by atoms with van der Waals surface area (Å²) in [4.78, 5) is 17.3. The van der Waals surface area contributed by atoms with Crippen molar-refractivity contribution < 1.29 is 34.0 Å². The van der Waals surface area contributed by atoms with Gasteiger partial charge < -0.3 is 29.2 Å². The topological polar surface area (TPSA) is 101 Å². The fourth-order valence-corrected chi connectivity index (χ4v) is 15.0. The van der Waals surface area contributed by atoms with Crippen LogP contribution >= 0.6 is 0 Å². The van der Waals surface area contributed by atoms with Gasteiger partial charge in [-0.25, -0.2) is 0 Å².